The molecular formula is C16H23BrN2O. The molecule has 1 fully saturated rings. The predicted molar refractivity (Wildman–Crippen MR) is 85.8 cm³/mol. The maximum absolute atomic E-state index is 12.5. The predicted octanol–water partition coefficient (Wildman–Crippen LogP) is 3.39. The van der Waals surface area contributed by atoms with Gasteiger partial charge in [0.2, 0.25) is 0 Å². The van der Waals surface area contributed by atoms with Crippen molar-refractivity contribution in [2.24, 2.45) is 11.7 Å². The number of carbonyl (C=O) groups excluding carboxylic acids is 1. The Morgan fingerprint density at radius 3 is 2.80 bits per heavy atom. The molecule has 2 atom stereocenters. The van der Waals surface area contributed by atoms with Crippen molar-refractivity contribution in [1.29, 1.82) is 0 Å². The minimum Gasteiger partial charge on any atom is -0.345 e. The first kappa shape index (κ1) is 15.5. The third-order valence-corrected chi connectivity index (χ3v) is 4.94. The molecule has 20 heavy (non-hydrogen) atoms. The Morgan fingerprint density at radius 1 is 1.45 bits per heavy atom. The van der Waals surface area contributed by atoms with Gasteiger partial charge in [-0.3, -0.25) is 4.79 Å². The summed E-state index contributed by atoms with van der Waals surface area (Å²) >= 11 is 3.44. The van der Waals surface area contributed by atoms with Gasteiger partial charge in [-0.05, 0) is 49.4 Å². The lowest BCUT2D eigenvalue weighted by atomic mass is 9.73. The van der Waals surface area contributed by atoms with Crippen LogP contribution in [0.2, 0.25) is 0 Å². The van der Waals surface area contributed by atoms with Crippen molar-refractivity contribution in [3.8, 4) is 0 Å². The fraction of sp³-hybridized carbons (Fsp3) is 0.562. The maximum atomic E-state index is 12.5. The lowest BCUT2D eigenvalue weighted by Gasteiger charge is -2.42. The third kappa shape index (κ3) is 3.23. The van der Waals surface area contributed by atoms with Gasteiger partial charge >= 0.3 is 0 Å². The number of aryl methyl sites for hydroxylation is 1. The van der Waals surface area contributed by atoms with E-state index in [0.29, 0.717) is 18.0 Å². The molecule has 0 spiro atoms. The number of amides is 1. The van der Waals surface area contributed by atoms with Gasteiger partial charge in [0, 0.05) is 16.6 Å². The van der Waals surface area contributed by atoms with Crippen LogP contribution < -0.4 is 11.1 Å². The van der Waals surface area contributed by atoms with E-state index in [1.165, 1.54) is 6.42 Å². The first-order valence-corrected chi connectivity index (χ1v) is 8.06. The molecule has 1 aromatic rings. The largest absolute Gasteiger partial charge is 0.345 e. The molecule has 2 rings (SSSR count). The third-order valence-electron chi connectivity index (χ3n) is 4.48. The normalized spacial score (nSPS) is 26.3. The van der Waals surface area contributed by atoms with E-state index in [9.17, 15) is 4.79 Å². The SMILES string of the molecule is Cc1cc(Br)cc(C(=O)NC2(CN)CCCCC2C)c1. The summed E-state index contributed by atoms with van der Waals surface area (Å²) in [6, 6.07) is 5.77. The summed E-state index contributed by atoms with van der Waals surface area (Å²) in [5.74, 6) is 0.409. The highest BCUT2D eigenvalue weighted by atomic mass is 79.9. The summed E-state index contributed by atoms with van der Waals surface area (Å²) < 4.78 is 0.932. The van der Waals surface area contributed by atoms with Gasteiger partial charge in [0.1, 0.15) is 0 Å². The van der Waals surface area contributed by atoms with Crippen molar-refractivity contribution in [3.63, 3.8) is 0 Å². The van der Waals surface area contributed by atoms with Gasteiger partial charge in [0.05, 0.1) is 5.54 Å². The molecule has 4 heteroatoms. The van der Waals surface area contributed by atoms with Crippen LogP contribution in [0.1, 0.15) is 48.5 Å². The van der Waals surface area contributed by atoms with Crippen LogP contribution in [0.25, 0.3) is 0 Å². The van der Waals surface area contributed by atoms with Crippen LogP contribution in [0.3, 0.4) is 0 Å². The number of nitrogens with two attached hydrogens (primary N) is 1. The van der Waals surface area contributed by atoms with E-state index in [4.69, 9.17) is 5.73 Å². The highest BCUT2D eigenvalue weighted by molar-refractivity contribution is 9.10. The summed E-state index contributed by atoms with van der Waals surface area (Å²) in [6.45, 7) is 4.69. The van der Waals surface area contributed by atoms with Gasteiger partial charge in [-0.1, -0.05) is 35.7 Å². The highest BCUT2D eigenvalue weighted by Crippen LogP contribution is 2.33. The lowest BCUT2D eigenvalue weighted by molar-refractivity contribution is 0.0812. The maximum Gasteiger partial charge on any atom is 0.251 e. The molecule has 0 saturated heterocycles. The average Bonchev–Trinajstić information content (AvgIpc) is 2.40. The van der Waals surface area contributed by atoms with E-state index in [1.807, 2.05) is 25.1 Å². The number of nitrogens with one attached hydrogen (secondary N) is 1. The van der Waals surface area contributed by atoms with E-state index in [2.05, 4.69) is 28.2 Å². The van der Waals surface area contributed by atoms with Crippen molar-refractivity contribution in [2.75, 3.05) is 6.54 Å². The molecule has 0 bridgehead atoms. The standard InChI is InChI=1S/C16H23BrN2O/c1-11-7-13(9-14(17)8-11)15(20)19-16(10-18)6-4-3-5-12(16)2/h7-9,12H,3-6,10,18H2,1-2H3,(H,19,20). The molecular weight excluding hydrogens is 316 g/mol. The molecule has 1 amide bonds. The number of benzene rings is 1. The van der Waals surface area contributed by atoms with Crippen molar-refractivity contribution < 1.29 is 4.79 Å². The number of halogens is 1. The Hall–Kier alpha value is -0.870. The van der Waals surface area contributed by atoms with Crippen LogP contribution in [0.15, 0.2) is 22.7 Å². The molecule has 0 radical (unpaired) electrons. The van der Waals surface area contributed by atoms with Crippen molar-refractivity contribution in [2.45, 2.75) is 45.1 Å². The van der Waals surface area contributed by atoms with E-state index >= 15 is 0 Å². The summed E-state index contributed by atoms with van der Waals surface area (Å²) in [6.07, 6.45) is 4.48. The molecule has 1 aliphatic rings. The van der Waals surface area contributed by atoms with Crippen molar-refractivity contribution >= 4 is 21.8 Å². The monoisotopic (exact) mass is 338 g/mol. The van der Waals surface area contributed by atoms with Gasteiger partial charge in [-0.25, -0.2) is 0 Å². The van der Waals surface area contributed by atoms with Gasteiger partial charge in [0.15, 0.2) is 0 Å². The highest BCUT2D eigenvalue weighted by Gasteiger charge is 2.38. The molecule has 3 nitrogen and oxygen atoms in total. The molecule has 1 aromatic carbocycles. The van der Waals surface area contributed by atoms with Crippen LogP contribution in [-0.2, 0) is 0 Å². The van der Waals surface area contributed by atoms with Crippen LogP contribution in [0, 0.1) is 12.8 Å². The van der Waals surface area contributed by atoms with Crippen molar-refractivity contribution in [1.82, 2.24) is 5.32 Å². The Balaban J connectivity index is 2.20. The molecule has 0 aromatic heterocycles. The minimum absolute atomic E-state index is 0.0198. The summed E-state index contributed by atoms with van der Waals surface area (Å²) in [5.41, 5.74) is 7.52. The second-order valence-corrected chi connectivity index (χ2v) is 6.89. The van der Waals surface area contributed by atoms with Crippen LogP contribution >= 0.6 is 15.9 Å². The quantitative estimate of drug-likeness (QED) is 0.887. The number of rotatable bonds is 3. The van der Waals surface area contributed by atoms with E-state index in [1.54, 1.807) is 0 Å². The van der Waals surface area contributed by atoms with Crippen molar-refractivity contribution in [3.05, 3.63) is 33.8 Å². The van der Waals surface area contributed by atoms with Gasteiger partial charge in [-0.2, -0.15) is 0 Å². The zero-order valence-electron chi connectivity index (χ0n) is 12.2. The molecule has 3 N–H and O–H groups in total. The fourth-order valence-electron chi connectivity index (χ4n) is 3.12. The molecule has 110 valence electrons. The summed E-state index contributed by atoms with van der Waals surface area (Å²) in [5, 5.41) is 3.22. The second-order valence-electron chi connectivity index (χ2n) is 5.98. The molecule has 0 aliphatic heterocycles. The Bertz CT molecular complexity index is 483. The van der Waals surface area contributed by atoms with E-state index in [0.717, 1.165) is 29.3 Å². The first-order valence-electron chi connectivity index (χ1n) is 7.26. The van der Waals surface area contributed by atoms with Crippen LogP contribution in [-0.4, -0.2) is 18.0 Å². The summed E-state index contributed by atoms with van der Waals surface area (Å²) in [4.78, 5) is 12.5. The lowest BCUT2D eigenvalue weighted by Crippen LogP contribution is -2.59. The first-order chi connectivity index (χ1) is 9.47. The van der Waals surface area contributed by atoms with Gasteiger partial charge in [-0.15, -0.1) is 0 Å². The topological polar surface area (TPSA) is 55.1 Å². The van der Waals surface area contributed by atoms with Crippen LogP contribution in [0.5, 0.6) is 0 Å². The second kappa shape index (κ2) is 6.27. The number of hydrogen-bond donors (Lipinski definition) is 2. The zero-order chi connectivity index (χ0) is 14.8. The number of hydrogen-bond acceptors (Lipinski definition) is 2. The molecule has 1 saturated carbocycles. The minimum atomic E-state index is -0.244. The van der Waals surface area contributed by atoms with Crippen LogP contribution in [0.4, 0.5) is 0 Å². The van der Waals surface area contributed by atoms with E-state index < -0.39 is 0 Å². The fourth-order valence-corrected chi connectivity index (χ4v) is 3.73. The Kier molecular flexibility index (Phi) is 4.86. The molecule has 0 heterocycles. The van der Waals surface area contributed by atoms with Gasteiger partial charge in [0.25, 0.3) is 5.91 Å². The molecule has 2 unspecified atom stereocenters. The zero-order valence-corrected chi connectivity index (χ0v) is 13.8. The molecule has 1 aliphatic carbocycles. The average molecular weight is 339 g/mol. The van der Waals surface area contributed by atoms with Gasteiger partial charge < -0.3 is 11.1 Å². The number of carbonyl (C=O) groups is 1. The smallest absolute Gasteiger partial charge is 0.251 e. The Morgan fingerprint density at radius 2 is 2.20 bits per heavy atom. The summed E-state index contributed by atoms with van der Waals surface area (Å²) in [7, 11) is 0. The van der Waals surface area contributed by atoms with E-state index in [-0.39, 0.29) is 11.4 Å². The Labute approximate surface area is 129 Å².